The van der Waals surface area contributed by atoms with Gasteiger partial charge in [0.1, 0.15) is 0 Å². The maximum atomic E-state index is 4.35. The van der Waals surface area contributed by atoms with Gasteiger partial charge in [0.2, 0.25) is 0 Å². The van der Waals surface area contributed by atoms with Gasteiger partial charge in [0.05, 0.1) is 23.1 Å². The molecule has 0 radical (unpaired) electrons. The fourth-order valence-electron chi connectivity index (χ4n) is 1.95. The van der Waals surface area contributed by atoms with Crippen LogP contribution in [-0.2, 0) is 14.1 Å². The van der Waals surface area contributed by atoms with E-state index in [9.17, 15) is 0 Å². The molecule has 80 valence electrons. The van der Waals surface area contributed by atoms with Crippen molar-refractivity contribution in [1.82, 2.24) is 19.3 Å². The summed E-state index contributed by atoms with van der Waals surface area (Å²) in [6.07, 6.45) is 3.63. The Morgan fingerprint density at radius 1 is 1.12 bits per heavy atom. The summed E-state index contributed by atoms with van der Waals surface area (Å²) in [5.41, 5.74) is 4.41. The van der Waals surface area contributed by atoms with E-state index < -0.39 is 0 Å². The van der Waals surface area contributed by atoms with Gasteiger partial charge in [0, 0.05) is 25.9 Å². The summed E-state index contributed by atoms with van der Waals surface area (Å²) in [4.78, 5) is 4.35. The summed E-state index contributed by atoms with van der Waals surface area (Å²) in [5.74, 6) is 0. The Labute approximate surface area is 93.1 Å². The maximum Gasteiger partial charge on any atom is 0.0955 e. The van der Waals surface area contributed by atoms with Crippen LogP contribution >= 0.6 is 0 Å². The van der Waals surface area contributed by atoms with Gasteiger partial charge in [-0.3, -0.25) is 4.68 Å². The highest BCUT2D eigenvalue weighted by Crippen LogP contribution is 2.22. The van der Waals surface area contributed by atoms with Gasteiger partial charge < -0.3 is 4.57 Å². The summed E-state index contributed by atoms with van der Waals surface area (Å²) >= 11 is 0. The van der Waals surface area contributed by atoms with E-state index in [1.165, 1.54) is 0 Å². The van der Waals surface area contributed by atoms with Gasteiger partial charge in [-0.15, -0.1) is 0 Å². The van der Waals surface area contributed by atoms with Gasteiger partial charge in [-0.25, -0.2) is 4.98 Å². The SMILES string of the molecule is Cn1nccc1-c1ccc2c(c1)ncn2C. The summed E-state index contributed by atoms with van der Waals surface area (Å²) in [6.45, 7) is 0. The summed E-state index contributed by atoms with van der Waals surface area (Å²) in [5, 5.41) is 4.17. The molecule has 2 heterocycles. The molecule has 0 saturated heterocycles. The first-order valence-electron chi connectivity index (χ1n) is 5.15. The Balaban J connectivity index is 2.23. The van der Waals surface area contributed by atoms with Crippen LogP contribution in [0.5, 0.6) is 0 Å². The average Bonchev–Trinajstić information content (AvgIpc) is 2.86. The minimum Gasteiger partial charge on any atom is -0.334 e. The zero-order valence-electron chi connectivity index (χ0n) is 9.25. The predicted octanol–water partition coefficient (Wildman–Crippen LogP) is 1.97. The van der Waals surface area contributed by atoms with Gasteiger partial charge in [-0.05, 0) is 18.2 Å². The highest BCUT2D eigenvalue weighted by Gasteiger charge is 2.05. The first kappa shape index (κ1) is 9.15. The van der Waals surface area contributed by atoms with E-state index in [2.05, 4.69) is 28.3 Å². The van der Waals surface area contributed by atoms with Crippen molar-refractivity contribution in [3.63, 3.8) is 0 Å². The van der Waals surface area contributed by atoms with E-state index >= 15 is 0 Å². The minimum absolute atomic E-state index is 1.02. The number of hydrogen-bond donors (Lipinski definition) is 0. The molecule has 0 aliphatic heterocycles. The highest BCUT2D eigenvalue weighted by molar-refractivity contribution is 5.81. The Hall–Kier alpha value is -2.10. The normalized spacial score (nSPS) is 11.1. The van der Waals surface area contributed by atoms with Crippen molar-refractivity contribution in [2.45, 2.75) is 0 Å². The van der Waals surface area contributed by atoms with E-state index in [1.54, 1.807) is 6.20 Å². The lowest BCUT2D eigenvalue weighted by molar-refractivity contribution is 0.776. The van der Waals surface area contributed by atoms with Gasteiger partial charge in [0.25, 0.3) is 0 Å². The lowest BCUT2D eigenvalue weighted by Gasteiger charge is -2.02. The molecule has 4 nitrogen and oxygen atoms in total. The molecule has 3 rings (SSSR count). The molecular formula is C12H12N4. The number of hydrogen-bond acceptors (Lipinski definition) is 2. The second-order valence-electron chi connectivity index (χ2n) is 3.90. The second kappa shape index (κ2) is 3.20. The zero-order valence-corrected chi connectivity index (χ0v) is 9.25. The number of benzene rings is 1. The van der Waals surface area contributed by atoms with Crippen LogP contribution in [0.4, 0.5) is 0 Å². The molecule has 4 heteroatoms. The molecule has 16 heavy (non-hydrogen) atoms. The molecule has 0 spiro atoms. The van der Waals surface area contributed by atoms with E-state index in [4.69, 9.17) is 0 Å². The molecule has 0 bridgehead atoms. The average molecular weight is 212 g/mol. The van der Waals surface area contributed by atoms with Crippen LogP contribution in [0.3, 0.4) is 0 Å². The van der Waals surface area contributed by atoms with Crippen LogP contribution < -0.4 is 0 Å². The minimum atomic E-state index is 1.02. The first-order valence-corrected chi connectivity index (χ1v) is 5.15. The topological polar surface area (TPSA) is 35.6 Å². The van der Waals surface area contributed by atoms with Crippen LogP contribution in [0.2, 0.25) is 0 Å². The van der Waals surface area contributed by atoms with Crippen molar-refractivity contribution in [3.8, 4) is 11.3 Å². The van der Waals surface area contributed by atoms with Gasteiger partial charge in [0.15, 0.2) is 0 Å². The molecule has 0 saturated carbocycles. The summed E-state index contributed by atoms with van der Waals surface area (Å²) in [7, 11) is 3.94. The monoisotopic (exact) mass is 212 g/mol. The van der Waals surface area contributed by atoms with Crippen LogP contribution in [0.15, 0.2) is 36.8 Å². The quantitative estimate of drug-likeness (QED) is 0.618. The molecule has 1 aromatic carbocycles. The van der Waals surface area contributed by atoms with Crippen molar-refractivity contribution >= 4 is 11.0 Å². The number of rotatable bonds is 1. The molecule has 3 aromatic rings. The lowest BCUT2D eigenvalue weighted by atomic mass is 10.1. The molecule has 0 aliphatic carbocycles. The van der Waals surface area contributed by atoms with Crippen molar-refractivity contribution in [2.75, 3.05) is 0 Å². The molecule has 0 atom stereocenters. The molecule has 0 fully saturated rings. The summed E-state index contributed by atoms with van der Waals surface area (Å²) < 4.78 is 3.88. The number of nitrogens with zero attached hydrogens (tertiary/aromatic N) is 4. The van der Waals surface area contributed by atoms with Crippen LogP contribution in [0.25, 0.3) is 22.3 Å². The third-order valence-corrected chi connectivity index (χ3v) is 2.84. The molecular weight excluding hydrogens is 200 g/mol. The first-order chi connectivity index (χ1) is 7.75. The van der Waals surface area contributed by atoms with Crippen LogP contribution in [0.1, 0.15) is 0 Å². The van der Waals surface area contributed by atoms with Crippen molar-refractivity contribution in [1.29, 1.82) is 0 Å². The number of fused-ring (bicyclic) bond motifs is 1. The molecule has 2 aromatic heterocycles. The maximum absolute atomic E-state index is 4.35. The van der Waals surface area contributed by atoms with Gasteiger partial charge in [-0.2, -0.15) is 5.10 Å². The number of aryl methyl sites for hydroxylation is 2. The Kier molecular flexibility index (Phi) is 1.83. The molecule has 0 aliphatic rings. The zero-order chi connectivity index (χ0) is 11.1. The molecule has 0 unspecified atom stereocenters. The number of aromatic nitrogens is 4. The Morgan fingerprint density at radius 2 is 2.00 bits per heavy atom. The standard InChI is InChI=1S/C12H12N4/c1-15-8-13-10-7-9(3-4-12(10)15)11-5-6-14-16(11)2/h3-8H,1-2H3. The Bertz CT molecular complexity index is 648. The largest absolute Gasteiger partial charge is 0.334 e. The predicted molar refractivity (Wildman–Crippen MR) is 62.9 cm³/mol. The van der Waals surface area contributed by atoms with Crippen LogP contribution in [-0.4, -0.2) is 19.3 Å². The second-order valence-corrected chi connectivity index (χ2v) is 3.90. The highest BCUT2D eigenvalue weighted by atomic mass is 15.3. The van der Waals surface area contributed by atoms with E-state index in [0.717, 1.165) is 22.3 Å². The smallest absolute Gasteiger partial charge is 0.0955 e. The molecule has 0 N–H and O–H groups in total. The third-order valence-electron chi connectivity index (χ3n) is 2.84. The lowest BCUT2D eigenvalue weighted by Crippen LogP contribution is -1.93. The fraction of sp³-hybridized carbons (Fsp3) is 0.167. The Morgan fingerprint density at radius 3 is 2.75 bits per heavy atom. The molecule has 0 amide bonds. The van der Waals surface area contributed by atoms with Gasteiger partial charge in [-0.1, -0.05) is 6.07 Å². The van der Waals surface area contributed by atoms with Crippen molar-refractivity contribution < 1.29 is 0 Å². The van der Waals surface area contributed by atoms with E-state index in [0.29, 0.717) is 0 Å². The summed E-state index contributed by atoms with van der Waals surface area (Å²) in [6, 6.07) is 8.28. The van der Waals surface area contributed by atoms with Crippen LogP contribution in [0, 0.1) is 0 Å². The van der Waals surface area contributed by atoms with E-state index in [-0.39, 0.29) is 0 Å². The van der Waals surface area contributed by atoms with Crippen molar-refractivity contribution in [2.24, 2.45) is 14.1 Å². The van der Waals surface area contributed by atoms with E-state index in [1.807, 2.05) is 35.7 Å². The third kappa shape index (κ3) is 1.23. The number of imidazole rings is 1. The fourth-order valence-corrected chi connectivity index (χ4v) is 1.95. The van der Waals surface area contributed by atoms with Gasteiger partial charge >= 0.3 is 0 Å². The van der Waals surface area contributed by atoms with Crippen molar-refractivity contribution in [3.05, 3.63) is 36.8 Å².